The molecule has 0 spiro atoms. The van der Waals surface area contributed by atoms with E-state index in [9.17, 15) is 13.2 Å². The fourth-order valence-electron chi connectivity index (χ4n) is 13.1. The smallest absolute Gasteiger partial charge is 0.337 e. The number of rotatable bonds is 7. The highest BCUT2D eigenvalue weighted by molar-refractivity contribution is 7.92. The maximum absolute atomic E-state index is 12.4. The Balaban J connectivity index is 1.08. The van der Waals surface area contributed by atoms with Gasteiger partial charge in [-0.2, -0.15) is 0 Å². The molecule has 274 valence electrons. The van der Waals surface area contributed by atoms with E-state index in [-0.39, 0.29) is 44.5 Å². The van der Waals surface area contributed by atoms with Crippen LogP contribution in [0.15, 0.2) is 78.9 Å². The molecule has 5 aliphatic carbocycles. The number of nitrogens with one attached hydrogen (secondary N) is 1. The lowest BCUT2D eigenvalue weighted by Gasteiger charge is -2.69. The molecule has 4 unspecified atom stereocenters. The number of sulfone groups is 1. The van der Waals surface area contributed by atoms with E-state index in [2.05, 4.69) is 113 Å². The van der Waals surface area contributed by atoms with Gasteiger partial charge in [0.05, 0.1) is 29.2 Å². The lowest BCUT2D eigenvalue weighted by Crippen LogP contribution is -2.65. The van der Waals surface area contributed by atoms with Crippen LogP contribution in [0.1, 0.15) is 83.1 Å². The molecule has 6 nitrogen and oxygen atoms in total. The van der Waals surface area contributed by atoms with Crippen molar-refractivity contribution in [3.05, 3.63) is 90.1 Å². The van der Waals surface area contributed by atoms with E-state index in [0.717, 1.165) is 25.9 Å². The van der Waals surface area contributed by atoms with Crippen molar-refractivity contribution in [3.63, 3.8) is 0 Å². The van der Waals surface area contributed by atoms with Gasteiger partial charge in [0, 0.05) is 31.6 Å². The number of hydrogen-bond donors (Lipinski definition) is 1. The van der Waals surface area contributed by atoms with Gasteiger partial charge >= 0.3 is 5.97 Å². The van der Waals surface area contributed by atoms with Crippen LogP contribution in [0.3, 0.4) is 0 Å². The monoisotopic (exact) mass is 710 g/mol. The highest BCUT2D eigenvalue weighted by Gasteiger charge is 2.67. The first-order chi connectivity index (χ1) is 24.0. The van der Waals surface area contributed by atoms with Crippen LogP contribution in [0.2, 0.25) is 0 Å². The molecule has 2 heterocycles. The molecule has 2 bridgehead atoms. The Bertz CT molecular complexity index is 1870. The summed E-state index contributed by atoms with van der Waals surface area (Å²) in [5.74, 6) is 2.15. The summed E-state index contributed by atoms with van der Waals surface area (Å²) in [5, 5.41) is 3.90. The van der Waals surface area contributed by atoms with E-state index in [1.165, 1.54) is 36.7 Å². The topological polar surface area (TPSA) is 75.7 Å². The highest BCUT2D eigenvalue weighted by Crippen LogP contribution is 2.73. The SMILES string of the molecule is C=C(C)[C@@H]1C=CC2(NCCN3C[C@@H]4C[C@H]3CS4(=O)=O)C=CC3(C)[C@H](CC[C@@H]4C5(C)CC=C(c6ccc(C(=O)OC)cc6)C(C)(C)[C@H]5C=CC43C)[C@H]12. The Morgan fingerprint density at radius 2 is 1.75 bits per heavy atom. The molecular formula is C44H58N2O4S. The third-order valence-corrected chi connectivity index (χ3v) is 18.1. The van der Waals surface area contributed by atoms with Crippen molar-refractivity contribution in [2.75, 3.05) is 32.5 Å². The average molecular weight is 711 g/mol. The molecule has 1 aromatic rings. The van der Waals surface area contributed by atoms with Crippen molar-refractivity contribution in [1.29, 1.82) is 0 Å². The van der Waals surface area contributed by atoms with Crippen molar-refractivity contribution >= 4 is 21.4 Å². The van der Waals surface area contributed by atoms with E-state index in [0.29, 0.717) is 47.5 Å². The molecule has 11 atom stereocenters. The Morgan fingerprint density at radius 1 is 1.00 bits per heavy atom. The Hall–Kier alpha value is -2.74. The minimum absolute atomic E-state index is 0.00406. The molecule has 1 aromatic carbocycles. The van der Waals surface area contributed by atoms with Crippen LogP contribution in [0, 0.1) is 51.2 Å². The van der Waals surface area contributed by atoms with E-state index in [4.69, 9.17) is 4.74 Å². The third-order valence-electron chi connectivity index (χ3n) is 15.9. The summed E-state index contributed by atoms with van der Waals surface area (Å²) in [4.78, 5) is 14.5. The Labute approximate surface area is 306 Å². The molecule has 8 rings (SSSR count). The van der Waals surface area contributed by atoms with Gasteiger partial charge in [-0.05, 0) is 101 Å². The standard InChI is InChI=1S/C44H58N2O4S/c1-28(2)33-15-20-44(45-23-24-46-26-32-25-31(46)27-51(32,48)49)22-21-42(6)35(38(33)44)13-14-37-41(5)18-16-34(29-9-11-30(12-10-29)39(47)50-8)40(3,4)36(41)17-19-43(37,42)7/h9-12,15-17,19-22,31-33,35-38,45H,1,13-14,18,23-27H2,2-8H3/t31-,32-,33-,35+,36+,37+,38-,41?,42?,43?,44?/m0/s1. The molecule has 7 aliphatic rings. The normalized spacial score (nSPS) is 43.9. The zero-order valence-electron chi connectivity index (χ0n) is 31.7. The second-order valence-corrected chi connectivity index (χ2v) is 20.9. The van der Waals surface area contributed by atoms with Crippen LogP contribution in [0.5, 0.6) is 0 Å². The minimum atomic E-state index is -2.89. The number of allylic oxidation sites excluding steroid dienone is 7. The van der Waals surface area contributed by atoms with Crippen molar-refractivity contribution in [1.82, 2.24) is 10.2 Å². The number of benzene rings is 1. The maximum Gasteiger partial charge on any atom is 0.337 e. The van der Waals surface area contributed by atoms with E-state index in [1.807, 2.05) is 12.1 Å². The van der Waals surface area contributed by atoms with Crippen LogP contribution in [0.4, 0.5) is 0 Å². The third kappa shape index (κ3) is 4.92. The molecule has 2 saturated heterocycles. The first-order valence-electron chi connectivity index (χ1n) is 19.4. The summed E-state index contributed by atoms with van der Waals surface area (Å²) in [7, 11) is -1.46. The molecule has 0 radical (unpaired) electrons. The van der Waals surface area contributed by atoms with Gasteiger partial charge in [0.15, 0.2) is 9.84 Å². The zero-order chi connectivity index (χ0) is 36.4. The van der Waals surface area contributed by atoms with Crippen molar-refractivity contribution in [2.45, 2.75) is 84.1 Å². The molecule has 51 heavy (non-hydrogen) atoms. The number of nitrogens with zero attached hydrogens (tertiary/aromatic N) is 1. The number of esters is 1. The quantitative estimate of drug-likeness (QED) is 0.231. The summed E-state index contributed by atoms with van der Waals surface area (Å²) in [6.07, 6.45) is 22.0. The van der Waals surface area contributed by atoms with Crippen molar-refractivity contribution in [2.24, 2.45) is 51.2 Å². The van der Waals surface area contributed by atoms with Gasteiger partial charge in [0.2, 0.25) is 0 Å². The number of hydrogen-bond acceptors (Lipinski definition) is 6. The van der Waals surface area contributed by atoms with Crippen molar-refractivity contribution < 1.29 is 17.9 Å². The number of fused-ring (bicyclic) bond motifs is 9. The van der Waals surface area contributed by atoms with Gasteiger partial charge < -0.3 is 10.1 Å². The molecule has 3 fully saturated rings. The van der Waals surface area contributed by atoms with E-state index < -0.39 is 9.84 Å². The molecule has 2 aliphatic heterocycles. The lowest BCUT2D eigenvalue weighted by atomic mass is 9.35. The summed E-state index contributed by atoms with van der Waals surface area (Å²) in [6, 6.07) is 8.15. The number of methoxy groups -OCH3 is 1. The summed E-state index contributed by atoms with van der Waals surface area (Å²) < 4.78 is 29.7. The van der Waals surface area contributed by atoms with Crippen LogP contribution in [-0.2, 0) is 14.6 Å². The number of ether oxygens (including phenoxy) is 1. The summed E-state index contributed by atoms with van der Waals surface area (Å²) in [5.41, 5.74) is 4.18. The van der Waals surface area contributed by atoms with Gasteiger partial charge in [-0.1, -0.05) is 101 Å². The number of carbonyl (C=O) groups excluding carboxylic acids is 1. The van der Waals surface area contributed by atoms with Crippen molar-refractivity contribution in [3.8, 4) is 0 Å². The van der Waals surface area contributed by atoms with E-state index >= 15 is 0 Å². The predicted octanol–water partition coefficient (Wildman–Crippen LogP) is 7.67. The van der Waals surface area contributed by atoms with Crippen LogP contribution < -0.4 is 5.32 Å². The number of likely N-dealkylation sites (tertiary alicyclic amines) is 1. The second kappa shape index (κ2) is 11.6. The van der Waals surface area contributed by atoms with Gasteiger partial charge in [0.25, 0.3) is 0 Å². The molecule has 0 aromatic heterocycles. The molecular weight excluding hydrogens is 653 g/mol. The minimum Gasteiger partial charge on any atom is -0.465 e. The molecule has 1 saturated carbocycles. The Morgan fingerprint density at radius 3 is 2.39 bits per heavy atom. The van der Waals surface area contributed by atoms with Crippen LogP contribution in [-0.4, -0.2) is 68.6 Å². The van der Waals surface area contributed by atoms with Crippen LogP contribution >= 0.6 is 0 Å². The first kappa shape index (κ1) is 35.3. The average Bonchev–Trinajstić information content (AvgIpc) is 3.75. The fourth-order valence-corrected chi connectivity index (χ4v) is 15.2. The summed E-state index contributed by atoms with van der Waals surface area (Å²) in [6.45, 7) is 21.7. The van der Waals surface area contributed by atoms with Gasteiger partial charge in [-0.3, -0.25) is 4.90 Å². The maximum atomic E-state index is 12.4. The van der Waals surface area contributed by atoms with Gasteiger partial charge in [-0.15, -0.1) is 0 Å². The molecule has 0 amide bonds. The fraction of sp³-hybridized carbons (Fsp3) is 0.614. The Kier molecular flexibility index (Phi) is 8.05. The van der Waals surface area contributed by atoms with Gasteiger partial charge in [0.1, 0.15) is 0 Å². The second-order valence-electron chi connectivity index (χ2n) is 18.5. The van der Waals surface area contributed by atoms with Crippen LogP contribution in [0.25, 0.3) is 5.57 Å². The summed E-state index contributed by atoms with van der Waals surface area (Å²) >= 11 is 0. The van der Waals surface area contributed by atoms with Gasteiger partial charge in [-0.25, -0.2) is 13.2 Å². The predicted molar refractivity (Wildman–Crippen MR) is 206 cm³/mol. The zero-order valence-corrected chi connectivity index (χ0v) is 32.6. The lowest BCUT2D eigenvalue weighted by molar-refractivity contribution is -0.130. The molecule has 7 heteroatoms. The highest BCUT2D eigenvalue weighted by atomic mass is 32.2. The largest absolute Gasteiger partial charge is 0.465 e. The van der Waals surface area contributed by atoms with E-state index in [1.54, 1.807) is 0 Å². The number of carbonyl (C=O) groups is 1. The molecule has 1 N–H and O–H groups in total. The first-order valence-corrected chi connectivity index (χ1v) is 21.1.